The van der Waals surface area contributed by atoms with Crippen LogP contribution in [0.3, 0.4) is 0 Å². The lowest BCUT2D eigenvalue weighted by Gasteiger charge is -2.11. The molecule has 0 saturated heterocycles. The van der Waals surface area contributed by atoms with E-state index in [1.54, 1.807) is 0 Å². The molecule has 1 rings (SSSR count). The van der Waals surface area contributed by atoms with Crippen LogP contribution in [-0.4, -0.2) is 11.7 Å². The molecular weight excluding hydrogens is 200 g/mol. The maximum atomic E-state index is 5.24. The Kier molecular flexibility index (Phi) is 4.05. The molecule has 0 aliphatic heterocycles. The number of hydrogen-bond donors (Lipinski definition) is 2. The van der Waals surface area contributed by atoms with Gasteiger partial charge in [0.15, 0.2) is 0 Å². The van der Waals surface area contributed by atoms with Gasteiger partial charge in [0, 0.05) is 5.56 Å². The molecule has 4 nitrogen and oxygen atoms in total. The Morgan fingerprint density at radius 3 is 2.31 bits per heavy atom. The Hall–Kier alpha value is -1.84. The molecule has 0 aromatic heterocycles. The lowest BCUT2D eigenvalue weighted by molar-refractivity contribution is 0.863. The Bertz CT molecular complexity index is 415. The van der Waals surface area contributed by atoms with E-state index in [1.165, 1.54) is 5.56 Å². The van der Waals surface area contributed by atoms with E-state index in [0.29, 0.717) is 5.92 Å². The number of nitrogens with zero attached hydrogens (tertiary/aromatic N) is 2. The topological polar surface area (TPSA) is 76.8 Å². The van der Waals surface area contributed by atoms with Gasteiger partial charge in [-0.05, 0) is 18.4 Å². The molecule has 4 N–H and O–H groups in total. The number of guanidine groups is 1. The number of nitrogens with two attached hydrogens (primary N) is 2. The molecule has 4 heteroatoms. The molecule has 0 heterocycles. The van der Waals surface area contributed by atoms with Gasteiger partial charge in [0.2, 0.25) is 5.96 Å². The maximum Gasteiger partial charge on any atom is 0.211 e. The standard InChI is InChI=1S/C12H18N4/c1-8(2)10-6-4-5-7-11(10)9(3)15-16-12(13)14/h4-8H,1-3H3,(H4,13,14,16). The number of benzene rings is 1. The second-order valence-corrected chi connectivity index (χ2v) is 3.95. The summed E-state index contributed by atoms with van der Waals surface area (Å²) in [6.07, 6.45) is 0. The van der Waals surface area contributed by atoms with E-state index in [2.05, 4.69) is 30.1 Å². The lowest BCUT2D eigenvalue weighted by Crippen LogP contribution is -2.22. The highest BCUT2D eigenvalue weighted by Gasteiger charge is 2.07. The van der Waals surface area contributed by atoms with Crippen LogP contribution in [0, 0.1) is 0 Å². The molecule has 86 valence electrons. The average molecular weight is 218 g/mol. The summed E-state index contributed by atoms with van der Waals surface area (Å²) in [7, 11) is 0. The fourth-order valence-electron chi connectivity index (χ4n) is 1.52. The second-order valence-electron chi connectivity index (χ2n) is 3.95. The van der Waals surface area contributed by atoms with E-state index in [9.17, 15) is 0 Å². The van der Waals surface area contributed by atoms with Crippen molar-refractivity contribution < 1.29 is 0 Å². The van der Waals surface area contributed by atoms with Crippen molar-refractivity contribution in [2.24, 2.45) is 21.7 Å². The summed E-state index contributed by atoms with van der Waals surface area (Å²) < 4.78 is 0. The summed E-state index contributed by atoms with van der Waals surface area (Å²) in [6.45, 7) is 6.19. The van der Waals surface area contributed by atoms with Crippen molar-refractivity contribution in [2.45, 2.75) is 26.7 Å². The summed E-state index contributed by atoms with van der Waals surface area (Å²) in [5, 5.41) is 7.65. The van der Waals surface area contributed by atoms with Crippen LogP contribution in [0.4, 0.5) is 0 Å². The summed E-state index contributed by atoms with van der Waals surface area (Å²) in [5.41, 5.74) is 13.6. The van der Waals surface area contributed by atoms with E-state index in [0.717, 1.165) is 11.3 Å². The predicted octanol–water partition coefficient (Wildman–Crippen LogP) is 1.81. The third-order valence-corrected chi connectivity index (χ3v) is 2.29. The van der Waals surface area contributed by atoms with Gasteiger partial charge in [-0.15, -0.1) is 5.10 Å². The van der Waals surface area contributed by atoms with Gasteiger partial charge in [0.25, 0.3) is 0 Å². The first-order chi connectivity index (χ1) is 7.52. The fraction of sp³-hybridized carbons (Fsp3) is 0.333. The van der Waals surface area contributed by atoms with Crippen LogP contribution in [0.25, 0.3) is 0 Å². The molecule has 0 spiro atoms. The molecule has 0 unspecified atom stereocenters. The van der Waals surface area contributed by atoms with Gasteiger partial charge in [0.1, 0.15) is 0 Å². The SMILES string of the molecule is CC(=NN=C(N)N)c1ccccc1C(C)C. The molecule has 1 aromatic carbocycles. The van der Waals surface area contributed by atoms with Crippen LogP contribution in [0.15, 0.2) is 34.5 Å². The van der Waals surface area contributed by atoms with Crippen LogP contribution in [0.5, 0.6) is 0 Å². The molecule has 0 bridgehead atoms. The van der Waals surface area contributed by atoms with Crippen LogP contribution < -0.4 is 11.5 Å². The van der Waals surface area contributed by atoms with Crippen molar-refractivity contribution in [3.05, 3.63) is 35.4 Å². The van der Waals surface area contributed by atoms with Crippen molar-refractivity contribution >= 4 is 11.7 Å². The first-order valence-electron chi connectivity index (χ1n) is 5.25. The predicted molar refractivity (Wildman–Crippen MR) is 68.6 cm³/mol. The minimum Gasteiger partial charge on any atom is -0.369 e. The first kappa shape index (κ1) is 12.2. The van der Waals surface area contributed by atoms with Gasteiger partial charge >= 0.3 is 0 Å². The van der Waals surface area contributed by atoms with Gasteiger partial charge in [-0.2, -0.15) is 5.10 Å². The largest absolute Gasteiger partial charge is 0.369 e. The molecular formula is C12H18N4. The van der Waals surface area contributed by atoms with Crippen LogP contribution >= 0.6 is 0 Å². The highest BCUT2D eigenvalue weighted by Crippen LogP contribution is 2.19. The molecule has 0 fully saturated rings. The zero-order valence-corrected chi connectivity index (χ0v) is 9.94. The summed E-state index contributed by atoms with van der Waals surface area (Å²) in [6, 6.07) is 8.12. The second kappa shape index (κ2) is 5.30. The van der Waals surface area contributed by atoms with Crippen molar-refractivity contribution in [1.29, 1.82) is 0 Å². The Morgan fingerprint density at radius 2 is 1.75 bits per heavy atom. The van der Waals surface area contributed by atoms with Gasteiger partial charge in [-0.1, -0.05) is 38.1 Å². The minimum atomic E-state index is -0.0265. The van der Waals surface area contributed by atoms with E-state index >= 15 is 0 Å². The molecule has 0 atom stereocenters. The smallest absolute Gasteiger partial charge is 0.211 e. The normalized spacial score (nSPS) is 11.6. The number of hydrogen-bond acceptors (Lipinski definition) is 2. The zero-order chi connectivity index (χ0) is 12.1. The molecule has 16 heavy (non-hydrogen) atoms. The van der Waals surface area contributed by atoms with E-state index < -0.39 is 0 Å². The summed E-state index contributed by atoms with van der Waals surface area (Å²) >= 11 is 0. The molecule has 1 aromatic rings. The highest BCUT2D eigenvalue weighted by molar-refractivity contribution is 6.00. The lowest BCUT2D eigenvalue weighted by atomic mass is 9.95. The number of rotatable bonds is 3. The fourth-order valence-corrected chi connectivity index (χ4v) is 1.52. The Balaban J connectivity index is 3.13. The van der Waals surface area contributed by atoms with Crippen LogP contribution in [0.2, 0.25) is 0 Å². The molecule has 0 amide bonds. The summed E-state index contributed by atoms with van der Waals surface area (Å²) in [4.78, 5) is 0. The quantitative estimate of drug-likeness (QED) is 0.461. The Morgan fingerprint density at radius 1 is 1.12 bits per heavy atom. The van der Waals surface area contributed by atoms with Crippen molar-refractivity contribution in [1.82, 2.24) is 0 Å². The average Bonchev–Trinajstić information content (AvgIpc) is 2.25. The highest BCUT2D eigenvalue weighted by atomic mass is 15.3. The summed E-state index contributed by atoms with van der Waals surface area (Å²) in [5.74, 6) is 0.418. The molecule has 0 aliphatic rings. The third-order valence-electron chi connectivity index (χ3n) is 2.29. The van der Waals surface area contributed by atoms with Crippen molar-refractivity contribution in [3.8, 4) is 0 Å². The zero-order valence-electron chi connectivity index (χ0n) is 9.94. The van der Waals surface area contributed by atoms with Gasteiger partial charge in [0.05, 0.1) is 5.71 Å². The molecule has 0 saturated carbocycles. The van der Waals surface area contributed by atoms with Crippen LogP contribution in [0.1, 0.15) is 37.8 Å². The minimum absolute atomic E-state index is 0.0265. The molecule has 0 aliphatic carbocycles. The van der Waals surface area contributed by atoms with Crippen LogP contribution in [-0.2, 0) is 0 Å². The molecule has 0 radical (unpaired) electrons. The van der Waals surface area contributed by atoms with Gasteiger partial charge in [-0.3, -0.25) is 0 Å². The van der Waals surface area contributed by atoms with Gasteiger partial charge in [-0.25, -0.2) is 0 Å². The van der Waals surface area contributed by atoms with E-state index in [1.807, 2.05) is 25.1 Å². The van der Waals surface area contributed by atoms with E-state index in [-0.39, 0.29) is 5.96 Å². The first-order valence-corrected chi connectivity index (χ1v) is 5.25. The Labute approximate surface area is 96.1 Å². The van der Waals surface area contributed by atoms with E-state index in [4.69, 9.17) is 11.5 Å². The van der Waals surface area contributed by atoms with Gasteiger partial charge < -0.3 is 11.5 Å². The van der Waals surface area contributed by atoms with Crippen molar-refractivity contribution in [3.63, 3.8) is 0 Å². The third kappa shape index (κ3) is 3.08. The monoisotopic (exact) mass is 218 g/mol. The van der Waals surface area contributed by atoms with Crippen molar-refractivity contribution in [2.75, 3.05) is 0 Å². The maximum absolute atomic E-state index is 5.24.